The Labute approximate surface area is 320 Å². The Balaban J connectivity index is 1.12. The van der Waals surface area contributed by atoms with Crippen molar-refractivity contribution in [2.75, 3.05) is 45.3 Å². The van der Waals surface area contributed by atoms with E-state index in [9.17, 15) is 25.2 Å². The van der Waals surface area contributed by atoms with E-state index in [1.807, 2.05) is 42.7 Å². The summed E-state index contributed by atoms with van der Waals surface area (Å²) in [5, 5.41) is 62.8. The summed E-state index contributed by atoms with van der Waals surface area (Å²) in [5.41, 5.74) is 4.19. The summed E-state index contributed by atoms with van der Waals surface area (Å²) in [6, 6.07) is 16.4. The molecule has 2 aliphatic carbocycles. The molecule has 0 spiro atoms. The van der Waals surface area contributed by atoms with Gasteiger partial charge in [0.2, 0.25) is 0 Å². The largest absolute Gasteiger partial charge is 0.490 e. The van der Waals surface area contributed by atoms with Crippen LogP contribution < -0.4 is 10.1 Å². The van der Waals surface area contributed by atoms with Gasteiger partial charge in [-0.15, -0.1) is 11.8 Å². The van der Waals surface area contributed by atoms with Crippen molar-refractivity contribution >= 4 is 29.3 Å². The van der Waals surface area contributed by atoms with Crippen molar-refractivity contribution in [3.63, 3.8) is 0 Å². The van der Waals surface area contributed by atoms with Gasteiger partial charge in [0, 0.05) is 53.0 Å². The highest BCUT2D eigenvalue weighted by molar-refractivity contribution is 7.99. The maximum absolute atomic E-state index is 13.0. The number of aliphatic hydroxyl groups excluding tert-OH is 6. The van der Waals surface area contributed by atoms with Gasteiger partial charge in [-0.3, -0.25) is 9.78 Å². The molecule has 5 rings (SSSR count). The van der Waals surface area contributed by atoms with Crippen molar-refractivity contribution < 1.29 is 44.9 Å². The summed E-state index contributed by atoms with van der Waals surface area (Å²) < 4.78 is 11.5. The fourth-order valence-electron chi connectivity index (χ4n) is 6.18. The van der Waals surface area contributed by atoms with Crippen molar-refractivity contribution in [1.29, 1.82) is 0 Å². The van der Waals surface area contributed by atoms with Gasteiger partial charge >= 0.3 is 0 Å². The summed E-state index contributed by atoms with van der Waals surface area (Å²) in [5.74, 6) is 0.915. The van der Waals surface area contributed by atoms with Crippen molar-refractivity contribution in [3.8, 4) is 16.9 Å². The number of rotatable bonds is 24. The van der Waals surface area contributed by atoms with Gasteiger partial charge in [-0.1, -0.05) is 36.2 Å². The van der Waals surface area contributed by atoms with Crippen LogP contribution in [0, 0.1) is 0 Å². The van der Waals surface area contributed by atoms with Crippen molar-refractivity contribution in [1.82, 2.24) is 15.2 Å². The number of unbranched alkanes of at least 4 members (excludes halogenated alkanes) is 2. The summed E-state index contributed by atoms with van der Waals surface area (Å²) in [6.45, 7) is 0.144. The number of aliphatic hydroxyl groups is 6. The lowest BCUT2D eigenvalue weighted by molar-refractivity contribution is -0.159. The molecular formula is C39H52ClN3O9S. The number of hydrogen-bond donors (Lipinski definition) is 7. The zero-order valence-corrected chi connectivity index (χ0v) is 31.4. The van der Waals surface area contributed by atoms with Crippen molar-refractivity contribution in [2.24, 2.45) is 0 Å². The van der Waals surface area contributed by atoms with E-state index < -0.39 is 36.9 Å². The van der Waals surface area contributed by atoms with Gasteiger partial charge in [0.05, 0.1) is 32.5 Å². The van der Waals surface area contributed by atoms with Crippen LogP contribution in [0.15, 0.2) is 65.8 Å². The molecule has 4 atom stereocenters. The highest BCUT2D eigenvalue weighted by Gasteiger charge is 2.46. The molecule has 2 aromatic carbocycles. The molecule has 1 heterocycles. The van der Waals surface area contributed by atoms with E-state index in [1.54, 1.807) is 11.8 Å². The van der Waals surface area contributed by atoms with Gasteiger partial charge in [-0.05, 0) is 91.3 Å². The van der Waals surface area contributed by atoms with Crippen LogP contribution in [0.4, 0.5) is 0 Å². The third-order valence-corrected chi connectivity index (χ3v) is 11.1. The number of ether oxygens (including phenoxy) is 2. The predicted octanol–water partition coefficient (Wildman–Crippen LogP) is 3.26. The third-order valence-electron chi connectivity index (χ3n) is 9.62. The number of thioether (sulfide) groups is 1. The number of carbonyl (C=O) groups is 1. The van der Waals surface area contributed by atoms with Crippen LogP contribution in [0.5, 0.6) is 5.75 Å². The lowest BCUT2D eigenvalue weighted by Crippen LogP contribution is -2.53. The number of para-hydroxylation sites is 1. The molecule has 0 unspecified atom stereocenters. The summed E-state index contributed by atoms with van der Waals surface area (Å²) >= 11 is 8.41. The molecule has 290 valence electrons. The standard InChI is InChI=1S/C39H52ClN3O9S/c40-32-11-10-28(53-21-5-1-4-16-43(17-19-51-20-18-44)38(50)37(49)36(48)35(47)33(46)25-45)22-26(32)23-42-39(13-14-39)31-24-41-15-12-29(31)30-6-2-3-7-34(30)52-27-8-9-27/h2-3,6-7,10-12,15,22,24,27,33,35-37,42,44-49H,1,4-5,8-9,13-14,16-21,23,25H2/t33-,35+,36-,37-/m0/s1. The Hall–Kier alpha value is -2.82. The summed E-state index contributed by atoms with van der Waals surface area (Å²) in [6.07, 6.45) is 2.93. The highest BCUT2D eigenvalue weighted by atomic mass is 35.5. The molecule has 53 heavy (non-hydrogen) atoms. The molecule has 0 aliphatic heterocycles. The Morgan fingerprint density at radius 1 is 0.981 bits per heavy atom. The molecular weight excluding hydrogens is 722 g/mol. The van der Waals surface area contributed by atoms with Crippen LogP contribution in [0.25, 0.3) is 11.1 Å². The Kier molecular flexibility index (Phi) is 15.8. The Morgan fingerprint density at radius 2 is 1.77 bits per heavy atom. The number of halogens is 1. The molecule has 12 nitrogen and oxygen atoms in total. The maximum Gasteiger partial charge on any atom is 0.254 e. The molecule has 3 aromatic rings. The molecule has 1 amide bonds. The number of hydrogen-bond acceptors (Lipinski definition) is 12. The number of pyridine rings is 1. The van der Waals surface area contributed by atoms with Gasteiger partial charge in [0.25, 0.3) is 5.91 Å². The first-order chi connectivity index (χ1) is 25.7. The SMILES string of the molecule is O=C([C@@H](O)[C@@H](O)[C@H](O)[C@@H](O)CO)N(CCCCCSc1ccc(Cl)c(CNC2(c3cnccc3-c3ccccc3OC3CC3)CC2)c1)CCOCCO. The molecule has 0 radical (unpaired) electrons. The Bertz CT molecular complexity index is 1610. The van der Waals surface area contributed by atoms with Gasteiger partial charge in [-0.2, -0.15) is 0 Å². The van der Waals surface area contributed by atoms with Gasteiger partial charge in [0.15, 0.2) is 6.10 Å². The second-order valence-corrected chi connectivity index (χ2v) is 15.2. The minimum absolute atomic E-state index is 0.0891. The quantitative estimate of drug-likeness (QED) is 0.0522. The predicted molar refractivity (Wildman–Crippen MR) is 203 cm³/mol. The monoisotopic (exact) mass is 773 g/mol. The number of carbonyl (C=O) groups excluding carboxylic acids is 1. The molecule has 2 saturated carbocycles. The molecule has 1 aromatic heterocycles. The summed E-state index contributed by atoms with van der Waals surface area (Å²) in [4.78, 5) is 19.9. The summed E-state index contributed by atoms with van der Waals surface area (Å²) in [7, 11) is 0. The minimum atomic E-state index is -2.00. The van der Waals surface area contributed by atoms with Gasteiger partial charge < -0.3 is 50.3 Å². The molecule has 14 heteroatoms. The number of amides is 1. The van der Waals surface area contributed by atoms with Gasteiger partial charge in [0.1, 0.15) is 24.1 Å². The first-order valence-corrected chi connectivity index (χ1v) is 19.7. The normalized spacial score (nSPS) is 17.2. The highest BCUT2D eigenvalue weighted by Crippen LogP contribution is 2.50. The van der Waals surface area contributed by atoms with Crippen molar-refractivity contribution in [2.45, 2.75) is 92.4 Å². The molecule has 2 fully saturated rings. The van der Waals surface area contributed by atoms with E-state index >= 15 is 0 Å². The van der Waals surface area contributed by atoms with E-state index in [2.05, 4.69) is 28.5 Å². The van der Waals surface area contributed by atoms with E-state index in [0.29, 0.717) is 24.1 Å². The van der Waals surface area contributed by atoms with E-state index in [-0.39, 0.29) is 38.4 Å². The maximum atomic E-state index is 13.0. The van der Waals surface area contributed by atoms with Crippen LogP contribution in [-0.4, -0.2) is 122 Å². The lowest BCUT2D eigenvalue weighted by atomic mass is 9.94. The Morgan fingerprint density at radius 3 is 2.51 bits per heavy atom. The minimum Gasteiger partial charge on any atom is -0.490 e. The first kappa shape index (κ1) is 41.3. The van der Waals surface area contributed by atoms with Gasteiger partial charge in [-0.25, -0.2) is 0 Å². The van der Waals surface area contributed by atoms with Crippen LogP contribution in [0.1, 0.15) is 56.1 Å². The topological polar surface area (TPSA) is 185 Å². The van der Waals surface area contributed by atoms with Crippen LogP contribution in [0.2, 0.25) is 5.02 Å². The molecule has 7 N–H and O–H groups in total. The zero-order chi connectivity index (χ0) is 37.8. The number of benzene rings is 2. The second-order valence-electron chi connectivity index (χ2n) is 13.7. The number of nitrogens with zero attached hydrogens (tertiary/aromatic N) is 2. The van der Waals surface area contributed by atoms with E-state index in [4.69, 9.17) is 31.3 Å². The number of nitrogens with one attached hydrogen (secondary N) is 1. The average Bonchev–Trinajstić information content (AvgIpc) is 4.13. The first-order valence-electron chi connectivity index (χ1n) is 18.3. The molecule has 0 saturated heterocycles. The lowest BCUT2D eigenvalue weighted by Gasteiger charge is -2.30. The molecule has 0 bridgehead atoms. The van der Waals surface area contributed by atoms with E-state index in [1.165, 1.54) is 4.90 Å². The van der Waals surface area contributed by atoms with Crippen LogP contribution >= 0.6 is 23.4 Å². The van der Waals surface area contributed by atoms with Crippen LogP contribution in [-0.2, 0) is 21.6 Å². The smallest absolute Gasteiger partial charge is 0.254 e. The second kappa shape index (κ2) is 20.2. The number of aromatic nitrogens is 1. The fraction of sp³-hybridized carbons (Fsp3) is 0.538. The van der Waals surface area contributed by atoms with Crippen LogP contribution in [0.3, 0.4) is 0 Å². The van der Waals surface area contributed by atoms with E-state index in [0.717, 1.165) is 77.2 Å². The molecule has 2 aliphatic rings. The van der Waals surface area contributed by atoms with Crippen molar-refractivity contribution in [3.05, 3.63) is 77.1 Å². The fourth-order valence-corrected chi connectivity index (χ4v) is 7.33. The zero-order valence-electron chi connectivity index (χ0n) is 29.9. The third kappa shape index (κ3) is 11.6. The average molecular weight is 774 g/mol.